The number of Topliss-reactive ketones (excluding diaryl/α,β-unsaturated/α-hetero) is 1. The summed E-state index contributed by atoms with van der Waals surface area (Å²) in [4.78, 5) is 39.3. The molecule has 2 aliphatic carbocycles. The minimum absolute atomic E-state index is 0.0805. The molecule has 0 bridgehead atoms. The first-order valence-electron chi connectivity index (χ1n) is 31.1. The van der Waals surface area contributed by atoms with E-state index in [1.807, 2.05) is 82.4 Å². The van der Waals surface area contributed by atoms with Crippen LogP contribution >= 0.6 is 0 Å². The highest BCUT2D eigenvalue weighted by atomic mass is 16.6. The molecule has 1 N–H and O–H groups in total. The van der Waals surface area contributed by atoms with Crippen LogP contribution in [0.25, 0.3) is 0 Å². The number of rotatable bonds is 38. The Labute approximate surface area is 471 Å². The molecule has 0 radical (unpaired) electrons. The quantitative estimate of drug-likeness (QED) is 0.0164. The molecular weight excluding hydrogens is 953 g/mol. The Balaban J connectivity index is 1.38. The van der Waals surface area contributed by atoms with Gasteiger partial charge in [-0.1, -0.05) is 255 Å². The van der Waals surface area contributed by atoms with Crippen molar-refractivity contribution in [2.24, 2.45) is 10.8 Å². The Morgan fingerprint density at radius 1 is 0.532 bits per heavy atom. The van der Waals surface area contributed by atoms with Gasteiger partial charge < -0.3 is 19.3 Å². The van der Waals surface area contributed by atoms with Crippen molar-refractivity contribution in [3.05, 3.63) is 100 Å². The third-order valence-electron chi connectivity index (χ3n) is 16.9. The summed E-state index contributed by atoms with van der Waals surface area (Å²) in [5.74, 6) is -0.175. The molecule has 2 saturated carbocycles. The van der Waals surface area contributed by atoms with Crippen LogP contribution in [0.4, 0.5) is 0 Å². The van der Waals surface area contributed by atoms with Gasteiger partial charge in [-0.05, 0) is 89.9 Å². The number of hydrogen-bond donors (Lipinski definition) is 1. The SMILES string of the molecule is CCCCCCCCCCCCCCCC(=O)O[C@H]1CC(C)(C)C(=C=C/C(C)=C/C=C/C(C)=C/C=C/C=C(C)/C=C/C=C(\C)C(=O)C[C@@]23O[C@]2(C)C[C@@H](OC(=O)CCCCCCCCCCCCC)CC3(C)C)[C@](C)(O)C1. The van der Waals surface area contributed by atoms with E-state index >= 15 is 0 Å². The number of carbonyl (C=O) groups excluding carboxylic acids is 3. The molecular formula is C70H112O7. The van der Waals surface area contributed by atoms with E-state index in [1.165, 1.54) is 128 Å². The Hall–Kier alpha value is -3.77. The number of carbonyl (C=O) groups is 3. The number of esters is 2. The van der Waals surface area contributed by atoms with Gasteiger partial charge in [0.2, 0.25) is 0 Å². The Bertz CT molecular complexity index is 2070. The zero-order valence-electron chi connectivity index (χ0n) is 51.3. The first-order chi connectivity index (χ1) is 36.6. The lowest BCUT2D eigenvalue weighted by molar-refractivity contribution is -0.156. The van der Waals surface area contributed by atoms with E-state index in [4.69, 9.17) is 14.2 Å². The fourth-order valence-electron chi connectivity index (χ4n) is 12.3. The number of fused-ring (bicyclic) bond motifs is 1. The van der Waals surface area contributed by atoms with Gasteiger partial charge in [-0.2, -0.15) is 0 Å². The van der Waals surface area contributed by atoms with E-state index in [9.17, 15) is 19.5 Å². The van der Waals surface area contributed by atoms with Crippen LogP contribution in [-0.2, 0) is 28.6 Å². The van der Waals surface area contributed by atoms with Gasteiger partial charge >= 0.3 is 11.9 Å². The highest BCUT2D eigenvalue weighted by Gasteiger charge is 2.76. The van der Waals surface area contributed by atoms with Gasteiger partial charge in [0.1, 0.15) is 17.8 Å². The number of ether oxygens (including phenoxy) is 3. The lowest BCUT2D eigenvalue weighted by atomic mass is 9.61. The molecule has 1 saturated heterocycles. The maximum absolute atomic E-state index is 13.6. The average molecular weight is 1070 g/mol. The number of aliphatic hydroxyl groups is 1. The zero-order valence-corrected chi connectivity index (χ0v) is 51.3. The molecule has 0 unspecified atom stereocenters. The lowest BCUT2D eigenvalue weighted by Crippen LogP contribution is -2.49. The number of unbranched alkanes of at least 4 members (excludes halogenated alkanes) is 22. The maximum Gasteiger partial charge on any atom is 0.306 e. The highest BCUT2D eigenvalue weighted by molar-refractivity contribution is 5.96. The van der Waals surface area contributed by atoms with Gasteiger partial charge in [-0.3, -0.25) is 14.4 Å². The minimum atomic E-state index is -1.13. The standard InChI is InChI=1S/C70H112O7/c1-13-15-17-19-21-23-25-26-28-30-32-33-35-47-64(72)75-60-51-66(7,8)63(68(11,74)53-60)50-49-58(5)44-39-43-56(3)41-37-38-42-57(4)45-40-46-59(6)62(71)55-70-67(9,10)52-61(54-69(70,12)77-70)76-65(73)48-36-34-31-29-27-24-22-20-18-16-14-2/h37-46,49,60-61,74H,13-36,47-48,51-55H2,1-12H3/b38-37+,43-39+,45-40+,56-41+,57-42+,58-44+,59-46+/t50?,60-,61-,68+,69+,70-/m0/s1. The molecule has 7 nitrogen and oxygen atoms in total. The van der Waals surface area contributed by atoms with Crippen molar-refractivity contribution in [2.45, 2.75) is 311 Å². The van der Waals surface area contributed by atoms with Gasteiger partial charge in [0, 0.05) is 43.1 Å². The van der Waals surface area contributed by atoms with Crippen molar-refractivity contribution >= 4 is 17.7 Å². The first kappa shape index (κ1) is 67.5. The largest absolute Gasteiger partial charge is 0.462 e. The molecule has 434 valence electrons. The Morgan fingerprint density at radius 2 is 0.935 bits per heavy atom. The highest BCUT2D eigenvalue weighted by Crippen LogP contribution is 2.67. The van der Waals surface area contributed by atoms with Crippen LogP contribution in [-0.4, -0.2) is 51.8 Å². The molecule has 3 fully saturated rings. The van der Waals surface area contributed by atoms with Crippen LogP contribution in [0.15, 0.2) is 100 Å². The molecule has 0 aromatic heterocycles. The van der Waals surface area contributed by atoms with Crippen LogP contribution in [0.5, 0.6) is 0 Å². The fraction of sp³-hybridized carbons (Fsp3) is 0.714. The lowest BCUT2D eigenvalue weighted by Gasteiger charge is -2.44. The Kier molecular flexibility index (Phi) is 30.7. The summed E-state index contributed by atoms with van der Waals surface area (Å²) in [5.41, 5.74) is 5.27. The molecule has 3 aliphatic rings. The zero-order chi connectivity index (χ0) is 56.8. The summed E-state index contributed by atoms with van der Waals surface area (Å²) in [6.07, 6.45) is 55.4. The van der Waals surface area contributed by atoms with Crippen LogP contribution < -0.4 is 0 Å². The predicted octanol–water partition coefficient (Wildman–Crippen LogP) is 19.4. The normalized spacial score (nSPS) is 24.6. The van der Waals surface area contributed by atoms with Gasteiger partial charge in [0.15, 0.2) is 5.78 Å². The smallest absolute Gasteiger partial charge is 0.306 e. The first-order valence-corrected chi connectivity index (χ1v) is 31.1. The van der Waals surface area contributed by atoms with Crippen molar-refractivity contribution in [3.8, 4) is 0 Å². The summed E-state index contributed by atoms with van der Waals surface area (Å²) in [6, 6.07) is 0. The second-order valence-electron chi connectivity index (χ2n) is 25.5. The van der Waals surface area contributed by atoms with E-state index in [1.54, 1.807) is 0 Å². The minimum Gasteiger partial charge on any atom is -0.462 e. The fourth-order valence-corrected chi connectivity index (χ4v) is 12.3. The van der Waals surface area contributed by atoms with E-state index < -0.39 is 16.8 Å². The number of hydrogen-bond acceptors (Lipinski definition) is 7. The van der Waals surface area contributed by atoms with Crippen LogP contribution in [0.2, 0.25) is 0 Å². The van der Waals surface area contributed by atoms with Gasteiger partial charge in [0.05, 0.1) is 11.2 Å². The summed E-state index contributed by atoms with van der Waals surface area (Å²) < 4.78 is 18.5. The van der Waals surface area contributed by atoms with Gasteiger partial charge in [-0.15, -0.1) is 5.73 Å². The summed E-state index contributed by atoms with van der Waals surface area (Å²) in [6.45, 7) is 25.0. The Morgan fingerprint density at radius 3 is 1.36 bits per heavy atom. The topological polar surface area (TPSA) is 102 Å². The second kappa shape index (κ2) is 35.1. The molecule has 0 aromatic rings. The van der Waals surface area contributed by atoms with Crippen LogP contribution in [0, 0.1) is 10.8 Å². The van der Waals surface area contributed by atoms with Gasteiger partial charge in [-0.25, -0.2) is 0 Å². The van der Waals surface area contributed by atoms with E-state index in [0.717, 1.165) is 48.0 Å². The molecule has 1 heterocycles. The number of epoxide rings is 1. The third kappa shape index (κ3) is 25.1. The van der Waals surface area contributed by atoms with Crippen molar-refractivity contribution in [2.75, 3.05) is 0 Å². The van der Waals surface area contributed by atoms with E-state index in [2.05, 4.69) is 73.3 Å². The molecule has 0 amide bonds. The summed E-state index contributed by atoms with van der Waals surface area (Å²) in [7, 11) is 0. The monoisotopic (exact) mass is 1060 g/mol. The van der Waals surface area contributed by atoms with E-state index in [-0.39, 0.29) is 40.8 Å². The molecule has 0 spiro atoms. The molecule has 77 heavy (non-hydrogen) atoms. The third-order valence-corrected chi connectivity index (χ3v) is 16.9. The van der Waals surface area contributed by atoms with Crippen LogP contribution in [0.3, 0.4) is 0 Å². The van der Waals surface area contributed by atoms with Crippen molar-refractivity contribution in [1.29, 1.82) is 0 Å². The van der Waals surface area contributed by atoms with Crippen molar-refractivity contribution < 1.29 is 33.7 Å². The van der Waals surface area contributed by atoms with Crippen molar-refractivity contribution in [3.63, 3.8) is 0 Å². The summed E-state index contributed by atoms with van der Waals surface area (Å²) >= 11 is 0. The van der Waals surface area contributed by atoms with E-state index in [0.29, 0.717) is 50.5 Å². The molecule has 5 atom stereocenters. The maximum atomic E-state index is 13.6. The molecule has 7 heteroatoms. The van der Waals surface area contributed by atoms with Crippen molar-refractivity contribution in [1.82, 2.24) is 0 Å². The molecule has 0 aromatic carbocycles. The summed E-state index contributed by atoms with van der Waals surface area (Å²) in [5, 5.41) is 11.6. The number of ketones is 1. The molecule has 1 aliphatic heterocycles. The van der Waals surface area contributed by atoms with Crippen LogP contribution in [0.1, 0.15) is 282 Å². The second-order valence-corrected chi connectivity index (χ2v) is 25.5. The molecule has 3 rings (SSSR count). The predicted molar refractivity (Wildman–Crippen MR) is 324 cm³/mol. The number of allylic oxidation sites excluding steroid dienone is 14. The average Bonchev–Trinajstić information content (AvgIpc) is 4.21. The van der Waals surface area contributed by atoms with Gasteiger partial charge in [0.25, 0.3) is 0 Å².